The summed E-state index contributed by atoms with van der Waals surface area (Å²) in [5.41, 5.74) is 15.7. The summed E-state index contributed by atoms with van der Waals surface area (Å²) in [6.45, 7) is -1.81. The van der Waals surface area contributed by atoms with Gasteiger partial charge in [-0.15, -0.1) is 0 Å². The third kappa shape index (κ3) is 16.3. The van der Waals surface area contributed by atoms with Crippen molar-refractivity contribution in [2.24, 2.45) is 22.2 Å². The van der Waals surface area contributed by atoms with Crippen LogP contribution >= 0.6 is 0 Å². The van der Waals surface area contributed by atoms with Gasteiger partial charge in [0.05, 0.1) is 26.1 Å². The van der Waals surface area contributed by atoms with E-state index in [9.17, 15) is 62.1 Å². The van der Waals surface area contributed by atoms with Gasteiger partial charge in [-0.1, -0.05) is 0 Å². The molecule has 0 saturated carbocycles. The first-order chi connectivity index (χ1) is 22.2. The van der Waals surface area contributed by atoms with E-state index >= 15 is 0 Å². The van der Waals surface area contributed by atoms with E-state index in [4.69, 9.17) is 27.1 Å². The quantitative estimate of drug-likeness (QED) is 0.0383. The van der Waals surface area contributed by atoms with Crippen LogP contribution in [0.1, 0.15) is 32.1 Å². The number of carbonyl (C=O) groups excluding carboxylic acids is 5. The van der Waals surface area contributed by atoms with Gasteiger partial charge in [-0.2, -0.15) is 13.2 Å². The number of alkyl halides is 3. The predicted octanol–water partition coefficient (Wildman–Crippen LogP) is -5.25. The van der Waals surface area contributed by atoms with Gasteiger partial charge >= 0.3 is 24.1 Å². The number of nitrogens with one attached hydrogen (secondary N) is 4. The number of aliphatic hydroxyl groups excluding tert-OH is 1. The molecule has 1 aliphatic rings. The Kier molecular flexibility index (Phi) is 18.5. The Balaban J connectivity index is 0.00000282. The highest BCUT2D eigenvalue weighted by molar-refractivity contribution is 5.96. The molecule has 1 aliphatic heterocycles. The van der Waals surface area contributed by atoms with E-state index in [0.717, 1.165) is 4.90 Å². The first kappa shape index (κ1) is 42.7. The maximum atomic E-state index is 12.8. The van der Waals surface area contributed by atoms with Crippen LogP contribution in [0.5, 0.6) is 0 Å². The predicted molar refractivity (Wildman–Crippen MR) is 153 cm³/mol. The van der Waals surface area contributed by atoms with Crippen LogP contribution in [0.4, 0.5) is 13.2 Å². The van der Waals surface area contributed by atoms with Crippen molar-refractivity contribution < 1.29 is 72.0 Å². The Morgan fingerprint density at radius 2 is 1.48 bits per heavy atom. The van der Waals surface area contributed by atoms with Gasteiger partial charge in [0.2, 0.25) is 29.5 Å². The van der Waals surface area contributed by atoms with Crippen molar-refractivity contribution in [1.82, 2.24) is 26.2 Å². The number of nitrogens with zero attached hydrogens (tertiary/aromatic N) is 2. The lowest BCUT2D eigenvalue weighted by molar-refractivity contribution is -0.192. The van der Waals surface area contributed by atoms with Crippen LogP contribution < -0.4 is 38.5 Å². The minimum absolute atomic E-state index is 0.0797. The second-order valence-electron chi connectivity index (χ2n) is 9.78. The maximum Gasteiger partial charge on any atom is 0.490 e. The number of halogens is 3. The molecule has 0 bridgehead atoms. The highest BCUT2D eigenvalue weighted by atomic mass is 19.4. The number of carboxylic acid groups (broad SMARTS) is 3. The van der Waals surface area contributed by atoms with E-state index in [1.54, 1.807) is 0 Å². The standard InChI is InChI=1S/C22H37N9O10.C2HF3O2/c23-8-15(33)28-11(3-1-5-26-22(24)25)18(37)27-9-16(34)29-12(7-17(35)36)19(38)30-13(10-32)20(39)31-6-2-4-14(31)21(40)41;3-2(4,5)1(6)7/h11-14,32H,1-10,23H2,(H,27,37)(H,28,33)(H,29,34)(H,30,38)(H,35,36)(H,40,41)(H4,24,25,26);(H,6,7)/t11-,12-,13-,14-;/m0./s1. The van der Waals surface area contributed by atoms with E-state index in [1.165, 1.54) is 0 Å². The molecule has 21 nitrogen and oxygen atoms in total. The normalized spacial score (nSPS) is 15.7. The van der Waals surface area contributed by atoms with Crippen LogP contribution in [0.25, 0.3) is 0 Å². The number of nitrogens with two attached hydrogens (primary N) is 3. The molecular weight excluding hydrogens is 663 g/mol. The largest absolute Gasteiger partial charge is 0.490 e. The number of hydrogen-bond acceptors (Lipinski definition) is 11. The smallest absolute Gasteiger partial charge is 0.481 e. The van der Waals surface area contributed by atoms with Gasteiger partial charge in [0.15, 0.2) is 5.96 Å². The van der Waals surface area contributed by atoms with Crippen molar-refractivity contribution in [3.8, 4) is 0 Å². The lowest BCUT2D eigenvalue weighted by Gasteiger charge is -2.27. The Morgan fingerprint density at radius 1 is 0.896 bits per heavy atom. The van der Waals surface area contributed by atoms with Crippen LogP contribution in [0.15, 0.2) is 4.99 Å². The Hall–Kier alpha value is -5.26. The first-order valence-corrected chi connectivity index (χ1v) is 13.8. The van der Waals surface area contributed by atoms with Gasteiger partial charge < -0.3 is 63.8 Å². The average molecular weight is 702 g/mol. The number of rotatable bonds is 17. The van der Waals surface area contributed by atoms with Gasteiger partial charge in [-0.3, -0.25) is 33.8 Å². The van der Waals surface area contributed by atoms with Crippen LogP contribution in [0, 0.1) is 0 Å². The fourth-order valence-corrected chi connectivity index (χ4v) is 3.89. The van der Waals surface area contributed by atoms with E-state index in [0.29, 0.717) is 6.42 Å². The average Bonchev–Trinajstić information content (AvgIpc) is 3.49. The summed E-state index contributed by atoms with van der Waals surface area (Å²) >= 11 is 0. The van der Waals surface area contributed by atoms with Gasteiger partial charge in [0.1, 0.15) is 24.2 Å². The molecule has 0 aromatic rings. The molecule has 0 aromatic heterocycles. The number of guanidine groups is 1. The summed E-state index contributed by atoms with van der Waals surface area (Å²) in [6, 6.07) is -5.57. The number of hydrogen-bond donors (Lipinski definition) is 11. The lowest BCUT2D eigenvalue weighted by Crippen LogP contribution is -2.58. The molecule has 0 unspecified atom stereocenters. The fourth-order valence-electron chi connectivity index (χ4n) is 3.89. The number of aliphatic hydroxyl groups is 1. The summed E-state index contributed by atoms with van der Waals surface area (Å²) in [6.07, 6.45) is -5.06. The van der Waals surface area contributed by atoms with Crippen molar-refractivity contribution in [2.75, 3.05) is 32.8 Å². The number of aliphatic carboxylic acids is 3. The Bertz CT molecular complexity index is 1210. The molecule has 4 atom stereocenters. The molecule has 1 fully saturated rings. The monoisotopic (exact) mass is 701 g/mol. The van der Waals surface area contributed by atoms with E-state index in [1.807, 2.05) is 0 Å². The van der Waals surface area contributed by atoms with Crippen molar-refractivity contribution in [1.29, 1.82) is 0 Å². The third-order valence-electron chi connectivity index (χ3n) is 6.10. The third-order valence-corrected chi connectivity index (χ3v) is 6.10. The second kappa shape index (κ2) is 20.8. The molecule has 0 aromatic carbocycles. The van der Waals surface area contributed by atoms with E-state index < -0.39 is 104 Å². The molecule has 1 saturated heterocycles. The molecular formula is C24H38F3N9O12. The van der Waals surface area contributed by atoms with Gasteiger partial charge in [-0.05, 0) is 25.7 Å². The zero-order chi connectivity index (χ0) is 37.2. The van der Waals surface area contributed by atoms with Crippen molar-refractivity contribution >= 4 is 53.4 Å². The van der Waals surface area contributed by atoms with Crippen LogP contribution in [0.2, 0.25) is 0 Å². The van der Waals surface area contributed by atoms with Crippen molar-refractivity contribution in [2.45, 2.75) is 62.4 Å². The number of carbonyl (C=O) groups is 8. The van der Waals surface area contributed by atoms with Gasteiger partial charge in [0, 0.05) is 13.1 Å². The minimum Gasteiger partial charge on any atom is -0.481 e. The molecule has 5 amide bonds. The van der Waals surface area contributed by atoms with E-state index in [2.05, 4.69) is 26.3 Å². The van der Waals surface area contributed by atoms with E-state index in [-0.39, 0.29) is 38.3 Å². The topological polar surface area (TPSA) is 359 Å². The Labute approximate surface area is 269 Å². The number of amides is 5. The number of carboxylic acids is 3. The zero-order valence-electron chi connectivity index (χ0n) is 25.2. The summed E-state index contributed by atoms with van der Waals surface area (Å²) < 4.78 is 31.7. The summed E-state index contributed by atoms with van der Waals surface area (Å²) in [7, 11) is 0. The summed E-state index contributed by atoms with van der Waals surface area (Å²) in [5, 5.41) is 44.1. The molecule has 14 N–H and O–H groups in total. The number of likely N-dealkylation sites (tertiary alicyclic amines) is 1. The maximum absolute atomic E-state index is 12.8. The first-order valence-electron chi connectivity index (χ1n) is 13.8. The Morgan fingerprint density at radius 3 is 1.96 bits per heavy atom. The molecule has 1 rings (SSSR count). The minimum atomic E-state index is -5.08. The second-order valence-corrected chi connectivity index (χ2v) is 9.78. The van der Waals surface area contributed by atoms with Crippen LogP contribution in [-0.4, -0.2) is 142 Å². The van der Waals surface area contributed by atoms with Crippen molar-refractivity contribution in [3.05, 3.63) is 0 Å². The van der Waals surface area contributed by atoms with Crippen LogP contribution in [0.3, 0.4) is 0 Å². The fraction of sp³-hybridized carbons (Fsp3) is 0.625. The lowest BCUT2D eigenvalue weighted by atomic mass is 10.1. The molecule has 0 radical (unpaired) electrons. The summed E-state index contributed by atoms with van der Waals surface area (Å²) in [5.74, 6) is -10.1. The van der Waals surface area contributed by atoms with Crippen LogP contribution in [-0.2, 0) is 38.4 Å². The zero-order valence-corrected chi connectivity index (χ0v) is 25.2. The molecule has 1 heterocycles. The highest BCUT2D eigenvalue weighted by Gasteiger charge is 2.39. The molecule has 0 aliphatic carbocycles. The highest BCUT2D eigenvalue weighted by Crippen LogP contribution is 2.18. The van der Waals surface area contributed by atoms with Gasteiger partial charge in [0.25, 0.3) is 0 Å². The molecule has 272 valence electrons. The summed E-state index contributed by atoms with van der Waals surface area (Å²) in [4.78, 5) is 98.5. The SMILES string of the molecule is NCC(=O)N[C@@H](CCCN=C(N)N)C(=O)NCC(=O)N[C@@H](CC(=O)O)C(=O)N[C@@H](CO)C(=O)N1CCC[C@H]1C(=O)O.O=C(O)C(F)(F)F. The van der Waals surface area contributed by atoms with Gasteiger partial charge in [-0.25, -0.2) is 9.59 Å². The molecule has 24 heteroatoms. The molecule has 48 heavy (non-hydrogen) atoms. The number of aliphatic imine (C=N–C) groups is 1. The molecule has 0 spiro atoms. The van der Waals surface area contributed by atoms with Crippen molar-refractivity contribution in [3.63, 3.8) is 0 Å².